The van der Waals surface area contributed by atoms with Crippen LogP contribution in [0.25, 0.3) is 0 Å². The smallest absolute Gasteiger partial charge is 0.220 e. The molecule has 4 heteroatoms. The second kappa shape index (κ2) is 7.22. The standard InChI is InChI=1S/C13H24N2O.ClH/c14-12(11-6-7-11)9-15-13(16)8-5-10-3-1-2-4-10;/h10-12H,1-9,14H2,(H,15,16);1H. The van der Waals surface area contributed by atoms with E-state index < -0.39 is 0 Å². The molecule has 2 aliphatic carbocycles. The van der Waals surface area contributed by atoms with Gasteiger partial charge in [0.25, 0.3) is 0 Å². The summed E-state index contributed by atoms with van der Waals surface area (Å²) in [5.41, 5.74) is 5.93. The molecule has 0 spiro atoms. The maximum Gasteiger partial charge on any atom is 0.220 e. The first-order valence-electron chi connectivity index (χ1n) is 6.78. The van der Waals surface area contributed by atoms with Crippen LogP contribution in [-0.2, 0) is 4.79 Å². The lowest BCUT2D eigenvalue weighted by molar-refractivity contribution is -0.121. The van der Waals surface area contributed by atoms with Crippen LogP contribution in [0.5, 0.6) is 0 Å². The zero-order chi connectivity index (χ0) is 11.4. The summed E-state index contributed by atoms with van der Waals surface area (Å²) in [5, 5.41) is 2.96. The number of hydrogen-bond acceptors (Lipinski definition) is 2. The number of nitrogens with one attached hydrogen (secondary N) is 1. The van der Waals surface area contributed by atoms with E-state index in [9.17, 15) is 4.79 Å². The highest BCUT2D eigenvalue weighted by atomic mass is 35.5. The average molecular weight is 261 g/mol. The largest absolute Gasteiger partial charge is 0.355 e. The van der Waals surface area contributed by atoms with Crippen LogP contribution in [0, 0.1) is 11.8 Å². The molecule has 3 nitrogen and oxygen atoms in total. The van der Waals surface area contributed by atoms with Crippen LogP contribution in [-0.4, -0.2) is 18.5 Å². The van der Waals surface area contributed by atoms with Gasteiger partial charge in [0.05, 0.1) is 0 Å². The fourth-order valence-corrected chi connectivity index (χ4v) is 2.65. The summed E-state index contributed by atoms with van der Waals surface area (Å²) in [4.78, 5) is 11.6. The lowest BCUT2D eigenvalue weighted by Crippen LogP contribution is -2.38. The quantitative estimate of drug-likeness (QED) is 0.770. The molecule has 0 aromatic heterocycles. The first-order chi connectivity index (χ1) is 7.75. The van der Waals surface area contributed by atoms with E-state index in [1.165, 1.54) is 38.5 Å². The number of hydrogen-bond donors (Lipinski definition) is 2. The van der Waals surface area contributed by atoms with Crippen molar-refractivity contribution in [3.63, 3.8) is 0 Å². The van der Waals surface area contributed by atoms with Gasteiger partial charge in [0.1, 0.15) is 0 Å². The van der Waals surface area contributed by atoms with E-state index in [-0.39, 0.29) is 24.4 Å². The van der Waals surface area contributed by atoms with Crippen molar-refractivity contribution in [1.29, 1.82) is 0 Å². The molecule has 2 saturated carbocycles. The summed E-state index contributed by atoms with van der Waals surface area (Å²) in [5.74, 6) is 1.68. The average Bonchev–Trinajstić information content (AvgIpc) is 3.01. The van der Waals surface area contributed by atoms with Crippen molar-refractivity contribution in [1.82, 2.24) is 5.32 Å². The lowest BCUT2D eigenvalue weighted by atomic mass is 10.0. The topological polar surface area (TPSA) is 55.1 Å². The molecule has 0 heterocycles. The molecule has 2 fully saturated rings. The Morgan fingerprint density at radius 1 is 1.24 bits per heavy atom. The van der Waals surface area contributed by atoms with Crippen LogP contribution in [0.3, 0.4) is 0 Å². The van der Waals surface area contributed by atoms with Gasteiger partial charge in [-0.1, -0.05) is 25.7 Å². The highest BCUT2D eigenvalue weighted by Crippen LogP contribution is 2.31. The van der Waals surface area contributed by atoms with Crippen molar-refractivity contribution in [3.8, 4) is 0 Å². The summed E-state index contributed by atoms with van der Waals surface area (Å²) in [6.45, 7) is 0.675. The number of nitrogens with two attached hydrogens (primary N) is 1. The number of carbonyl (C=O) groups is 1. The summed E-state index contributed by atoms with van der Waals surface area (Å²) in [6, 6.07) is 0.190. The van der Waals surface area contributed by atoms with E-state index in [2.05, 4.69) is 5.32 Å². The molecule has 1 atom stereocenters. The second-order valence-electron chi connectivity index (χ2n) is 5.49. The SMILES string of the molecule is Cl.NC(CNC(=O)CCC1CCCC1)C1CC1. The highest BCUT2D eigenvalue weighted by Gasteiger charge is 2.28. The third kappa shape index (κ3) is 5.26. The third-order valence-electron chi connectivity index (χ3n) is 4.02. The van der Waals surface area contributed by atoms with Crippen LogP contribution < -0.4 is 11.1 Å². The molecular weight excluding hydrogens is 236 g/mol. The molecule has 0 aliphatic heterocycles. The summed E-state index contributed by atoms with van der Waals surface area (Å²) < 4.78 is 0. The van der Waals surface area contributed by atoms with E-state index in [0.717, 1.165) is 12.3 Å². The molecule has 0 saturated heterocycles. The van der Waals surface area contributed by atoms with E-state index in [0.29, 0.717) is 18.9 Å². The Kier molecular flexibility index (Phi) is 6.28. The van der Waals surface area contributed by atoms with Gasteiger partial charge in [-0.05, 0) is 31.1 Å². The molecule has 100 valence electrons. The molecule has 1 amide bonds. The van der Waals surface area contributed by atoms with E-state index >= 15 is 0 Å². The second-order valence-corrected chi connectivity index (χ2v) is 5.49. The fourth-order valence-electron chi connectivity index (χ4n) is 2.65. The van der Waals surface area contributed by atoms with Gasteiger partial charge < -0.3 is 11.1 Å². The van der Waals surface area contributed by atoms with Crippen molar-refractivity contribution < 1.29 is 4.79 Å². The van der Waals surface area contributed by atoms with Crippen molar-refractivity contribution in [2.45, 2.75) is 57.4 Å². The Labute approximate surface area is 110 Å². The predicted octanol–water partition coefficient (Wildman–Crippen LogP) is 2.23. The van der Waals surface area contributed by atoms with Gasteiger partial charge in [-0.15, -0.1) is 12.4 Å². The number of halogens is 1. The van der Waals surface area contributed by atoms with E-state index in [1.54, 1.807) is 0 Å². The van der Waals surface area contributed by atoms with Crippen molar-refractivity contribution >= 4 is 18.3 Å². The van der Waals surface area contributed by atoms with Crippen LogP contribution in [0.1, 0.15) is 51.4 Å². The van der Waals surface area contributed by atoms with Crippen molar-refractivity contribution in [2.24, 2.45) is 17.6 Å². The molecule has 1 unspecified atom stereocenters. The number of rotatable bonds is 6. The van der Waals surface area contributed by atoms with Gasteiger partial charge in [-0.3, -0.25) is 4.79 Å². The maximum atomic E-state index is 11.6. The summed E-state index contributed by atoms with van der Waals surface area (Å²) in [7, 11) is 0. The first-order valence-corrected chi connectivity index (χ1v) is 6.78. The van der Waals surface area contributed by atoms with Crippen LogP contribution in [0.15, 0.2) is 0 Å². The van der Waals surface area contributed by atoms with Gasteiger partial charge >= 0.3 is 0 Å². The highest BCUT2D eigenvalue weighted by molar-refractivity contribution is 5.85. The Balaban J connectivity index is 0.00000144. The minimum absolute atomic E-state index is 0. The molecule has 0 radical (unpaired) electrons. The van der Waals surface area contributed by atoms with Gasteiger partial charge in [-0.25, -0.2) is 0 Å². The van der Waals surface area contributed by atoms with E-state index in [4.69, 9.17) is 5.73 Å². The van der Waals surface area contributed by atoms with Gasteiger partial charge in [0.15, 0.2) is 0 Å². The Morgan fingerprint density at radius 2 is 1.88 bits per heavy atom. The summed E-state index contributed by atoms with van der Waals surface area (Å²) >= 11 is 0. The third-order valence-corrected chi connectivity index (χ3v) is 4.02. The van der Waals surface area contributed by atoms with Crippen molar-refractivity contribution in [3.05, 3.63) is 0 Å². The van der Waals surface area contributed by atoms with Gasteiger partial charge in [0.2, 0.25) is 5.91 Å². The Bertz CT molecular complexity index is 230. The van der Waals surface area contributed by atoms with Gasteiger partial charge in [-0.2, -0.15) is 0 Å². The monoisotopic (exact) mass is 260 g/mol. The molecule has 2 aliphatic rings. The number of carbonyl (C=O) groups excluding carboxylic acids is 1. The molecule has 2 rings (SSSR count). The molecule has 0 bridgehead atoms. The minimum atomic E-state index is 0. The predicted molar refractivity (Wildman–Crippen MR) is 72.1 cm³/mol. The van der Waals surface area contributed by atoms with Gasteiger partial charge in [0, 0.05) is 19.0 Å². The van der Waals surface area contributed by atoms with Crippen LogP contribution in [0.2, 0.25) is 0 Å². The zero-order valence-electron chi connectivity index (χ0n) is 10.5. The molecule has 0 aromatic carbocycles. The Morgan fingerprint density at radius 3 is 2.47 bits per heavy atom. The Hall–Kier alpha value is -0.280. The normalized spacial score (nSPS) is 21.9. The minimum Gasteiger partial charge on any atom is -0.355 e. The van der Waals surface area contributed by atoms with Crippen molar-refractivity contribution in [2.75, 3.05) is 6.54 Å². The van der Waals surface area contributed by atoms with Crippen LogP contribution >= 0.6 is 12.4 Å². The number of amides is 1. The molecule has 3 N–H and O–H groups in total. The maximum absolute atomic E-state index is 11.6. The molecule has 17 heavy (non-hydrogen) atoms. The zero-order valence-corrected chi connectivity index (χ0v) is 11.3. The first kappa shape index (κ1) is 14.8. The fraction of sp³-hybridized carbons (Fsp3) is 0.923. The molecule has 0 aromatic rings. The lowest BCUT2D eigenvalue weighted by Gasteiger charge is -2.12. The van der Waals surface area contributed by atoms with Crippen LogP contribution in [0.4, 0.5) is 0 Å². The summed E-state index contributed by atoms with van der Waals surface area (Å²) in [6.07, 6.45) is 9.65. The molecular formula is C13H25ClN2O. The van der Waals surface area contributed by atoms with E-state index in [1.807, 2.05) is 0 Å².